The van der Waals surface area contributed by atoms with Gasteiger partial charge in [-0.1, -0.05) is 0 Å². The molecule has 0 radical (unpaired) electrons. The van der Waals surface area contributed by atoms with E-state index in [9.17, 15) is 18.0 Å². The zero-order valence-corrected chi connectivity index (χ0v) is 13.3. The number of alkyl halides is 2. The molecule has 1 fully saturated rings. The number of anilines is 2. The van der Waals surface area contributed by atoms with Gasteiger partial charge in [-0.2, -0.15) is 0 Å². The van der Waals surface area contributed by atoms with Crippen molar-refractivity contribution in [1.29, 1.82) is 0 Å². The Morgan fingerprint density at radius 1 is 1.25 bits per heavy atom. The summed E-state index contributed by atoms with van der Waals surface area (Å²) in [6.07, 6.45) is -0.732. The standard InChI is InChI=1S/C16H19F3N4O/c1-9-8-20-14(24)11-6-10(17)7-12-13(11)23(9)15(21-12)22-4-2-16(18,19)3-5-22/h6-7,9,15,21H,2-5,8H2,1H3,(H,20,24)/t9-,15?/m0/s1. The number of halogens is 3. The lowest BCUT2D eigenvalue weighted by molar-refractivity contribution is -0.0610. The van der Waals surface area contributed by atoms with Crippen LogP contribution >= 0.6 is 0 Å². The molecule has 2 N–H and O–H groups in total. The van der Waals surface area contributed by atoms with Gasteiger partial charge in [-0.15, -0.1) is 0 Å². The number of hydrogen-bond donors (Lipinski definition) is 2. The first-order chi connectivity index (χ1) is 11.4. The summed E-state index contributed by atoms with van der Waals surface area (Å²) in [6, 6.07) is 2.55. The molecule has 4 rings (SSSR count). The highest BCUT2D eigenvalue weighted by atomic mass is 19.3. The van der Waals surface area contributed by atoms with Gasteiger partial charge >= 0.3 is 0 Å². The van der Waals surface area contributed by atoms with Crippen LogP contribution in [0.4, 0.5) is 24.5 Å². The molecular weight excluding hydrogens is 321 g/mol. The molecule has 0 aromatic heterocycles. The second-order valence-corrected chi connectivity index (χ2v) is 6.73. The van der Waals surface area contributed by atoms with E-state index < -0.39 is 11.7 Å². The summed E-state index contributed by atoms with van der Waals surface area (Å²) < 4.78 is 40.8. The van der Waals surface area contributed by atoms with E-state index in [4.69, 9.17) is 0 Å². The minimum absolute atomic E-state index is 0.0400. The molecule has 0 aliphatic carbocycles. The molecule has 24 heavy (non-hydrogen) atoms. The van der Waals surface area contributed by atoms with Crippen LogP contribution in [0.15, 0.2) is 12.1 Å². The maximum absolute atomic E-state index is 13.9. The minimum atomic E-state index is -2.62. The predicted octanol–water partition coefficient (Wildman–Crippen LogP) is 2.20. The lowest BCUT2D eigenvalue weighted by atomic mass is 10.1. The van der Waals surface area contributed by atoms with Crippen molar-refractivity contribution in [3.05, 3.63) is 23.5 Å². The third-order valence-electron chi connectivity index (χ3n) is 5.03. The number of nitrogens with zero attached hydrogens (tertiary/aromatic N) is 2. The van der Waals surface area contributed by atoms with Crippen molar-refractivity contribution in [2.24, 2.45) is 0 Å². The first-order valence-electron chi connectivity index (χ1n) is 8.14. The maximum atomic E-state index is 13.9. The van der Waals surface area contributed by atoms with Crippen LogP contribution in [0.25, 0.3) is 0 Å². The molecule has 3 aliphatic rings. The second-order valence-electron chi connectivity index (χ2n) is 6.73. The third kappa shape index (κ3) is 2.40. The highest BCUT2D eigenvalue weighted by Crippen LogP contribution is 2.42. The summed E-state index contributed by atoms with van der Waals surface area (Å²) >= 11 is 0. The van der Waals surface area contributed by atoms with E-state index in [2.05, 4.69) is 10.6 Å². The quantitative estimate of drug-likeness (QED) is 0.823. The Kier molecular flexibility index (Phi) is 3.42. The van der Waals surface area contributed by atoms with Crippen LogP contribution in [-0.2, 0) is 0 Å². The lowest BCUT2D eigenvalue weighted by Crippen LogP contribution is -2.57. The average molecular weight is 340 g/mol. The van der Waals surface area contributed by atoms with Gasteiger partial charge in [0.15, 0.2) is 6.29 Å². The number of carbonyl (C=O) groups is 1. The average Bonchev–Trinajstić information content (AvgIpc) is 2.84. The third-order valence-corrected chi connectivity index (χ3v) is 5.03. The van der Waals surface area contributed by atoms with Crippen LogP contribution in [0.2, 0.25) is 0 Å². The second kappa shape index (κ2) is 5.27. The van der Waals surface area contributed by atoms with Gasteiger partial charge in [-0.25, -0.2) is 13.2 Å². The molecule has 3 aliphatic heterocycles. The van der Waals surface area contributed by atoms with Gasteiger partial charge in [0.2, 0.25) is 0 Å². The summed E-state index contributed by atoms with van der Waals surface area (Å²) in [5.74, 6) is -3.43. The van der Waals surface area contributed by atoms with Crippen LogP contribution in [0.3, 0.4) is 0 Å². The number of likely N-dealkylation sites (tertiary alicyclic amines) is 1. The Morgan fingerprint density at radius 3 is 2.67 bits per heavy atom. The van der Waals surface area contributed by atoms with Crippen LogP contribution in [0.1, 0.15) is 30.1 Å². The number of piperidine rings is 1. The summed E-state index contributed by atoms with van der Waals surface area (Å²) in [4.78, 5) is 16.2. The molecule has 0 bridgehead atoms. The fourth-order valence-corrected chi connectivity index (χ4v) is 3.75. The van der Waals surface area contributed by atoms with E-state index in [-0.39, 0.29) is 49.7 Å². The van der Waals surface area contributed by atoms with E-state index >= 15 is 0 Å². The van der Waals surface area contributed by atoms with Gasteiger partial charge < -0.3 is 15.5 Å². The fourth-order valence-electron chi connectivity index (χ4n) is 3.75. The summed E-state index contributed by atoms with van der Waals surface area (Å²) in [5.41, 5.74) is 1.48. The molecule has 1 aromatic rings. The van der Waals surface area contributed by atoms with Crippen molar-refractivity contribution in [1.82, 2.24) is 10.2 Å². The summed E-state index contributed by atoms with van der Waals surface area (Å²) in [6.45, 7) is 2.87. The molecule has 1 aromatic carbocycles. The van der Waals surface area contributed by atoms with E-state index in [1.165, 1.54) is 12.1 Å². The maximum Gasteiger partial charge on any atom is 0.253 e. The summed E-state index contributed by atoms with van der Waals surface area (Å²) in [5, 5.41) is 6.01. The fraction of sp³-hybridized carbons (Fsp3) is 0.562. The zero-order valence-electron chi connectivity index (χ0n) is 13.3. The van der Waals surface area contributed by atoms with E-state index in [1.807, 2.05) is 16.7 Å². The molecule has 3 heterocycles. The van der Waals surface area contributed by atoms with Gasteiger partial charge in [-0.3, -0.25) is 9.69 Å². The molecule has 2 atom stereocenters. The first-order valence-corrected chi connectivity index (χ1v) is 8.14. The number of carbonyl (C=O) groups excluding carboxylic acids is 1. The molecule has 0 saturated carbocycles. The van der Waals surface area contributed by atoms with E-state index in [1.54, 1.807) is 0 Å². The van der Waals surface area contributed by atoms with Crippen molar-refractivity contribution in [3.8, 4) is 0 Å². The molecular formula is C16H19F3N4O. The minimum Gasteiger partial charge on any atom is -0.351 e. The molecule has 8 heteroatoms. The van der Waals surface area contributed by atoms with Crippen LogP contribution in [-0.4, -0.2) is 48.7 Å². The SMILES string of the molecule is C[C@H]1CNC(=O)c2cc(F)cc3c2N1C(N1CCC(F)(F)CC1)N3. The van der Waals surface area contributed by atoms with Crippen molar-refractivity contribution in [2.75, 3.05) is 29.9 Å². The van der Waals surface area contributed by atoms with E-state index in [0.717, 1.165) is 0 Å². The van der Waals surface area contributed by atoms with Gasteiger partial charge in [-0.05, 0) is 19.1 Å². The highest BCUT2D eigenvalue weighted by Gasteiger charge is 2.44. The normalized spacial score (nSPS) is 28.8. The topological polar surface area (TPSA) is 47.6 Å². The number of rotatable bonds is 1. The Bertz CT molecular complexity index is 686. The Morgan fingerprint density at radius 2 is 1.96 bits per heavy atom. The van der Waals surface area contributed by atoms with E-state index in [0.29, 0.717) is 17.9 Å². The van der Waals surface area contributed by atoms with Gasteiger partial charge in [0.25, 0.3) is 11.8 Å². The van der Waals surface area contributed by atoms with Crippen LogP contribution < -0.4 is 15.5 Å². The van der Waals surface area contributed by atoms with Gasteiger partial charge in [0.05, 0.1) is 16.9 Å². The van der Waals surface area contributed by atoms with Gasteiger partial charge in [0.1, 0.15) is 5.82 Å². The Hall–Kier alpha value is -1.96. The molecule has 130 valence electrons. The van der Waals surface area contributed by atoms with Crippen molar-refractivity contribution < 1.29 is 18.0 Å². The largest absolute Gasteiger partial charge is 0.351 e. The number of hydrogen-bond acceptors (Lipinski definition) is 4. The smallest absolute Gasteiger partial charge is 0.253 e. The van der Waals surface area contributed by atoms with Crippen LogP contribution in [0, 0.1) is 5.82 Å². The Labute approximate surface area is 137 Å². The zero-order chi connectivity index (χ0) is 17.1. The van der Waals surface area contributed by atoms with Crippen molar-refractivity contribution in [3.63, 3.8) is 0 Å². The molecule has 0 spiro atoms. The molecule has 1 amide bonds. The van der Waals surface area contributed by atoms with Crippen LogP contribution in [0.5, 0.6) is 0 Å². The molecule has 1 unspecified atom stereocenters. The van der Waals surface area contributed by atoms with Gasteiger partial charge in [0, 0.05) is 38.5 Å². The number of amides is 1. The molecule has 1 saturated heterocycles. The molecule has 5 nitrogen and oxygen atoms in total. The summed E-state index contributed by atoms with van der Waals surface area (Å²) in [7, 11) is 0. The Balaban J connectivity index is 1.71. The highest BCUT2D eigenvalue weighted by molar-refractivity contribution is 6.04. The lowest BCUT2D eigenvalue weighted by Gasteiger charge is -2.42. The first kappa shape index (κ1) is 15.6. The predicted molar refractivity (Wildman–Crippen MR) is 83.8 cm³/mol. The van der Waals surface area contributed by atoms with Crippen molar-refractivity contribution in [2.45, 2.75) is 38.0 Å². The number of benzene rings is 1. The number of nitrogens with one attached hydrogen (secondary N) is 2. The van der Waals surface area contributed by atoms with Crippen molar-refractivity contribution >= 4 is 17.3 Å². The monoisotopic (exact) mass is 340 g/mol.